The lowest BCUT2D eigenvalue weighted by atomic mass is 10.4. The molecule has 1 heterocycles. The lowest BCUT2D eigenvalue weighted by Crippen LogP contribution is -3.10. The standard InChI is InChI=1S/C13H18BrClN2O2S/c14-11-4-5-13(12(15)10-11)20(18,19)16-6-3-9-17-7-1-2-8-17/h4-5,10,16H,1-3,6-9H2/p+1. The van der Waals surface area contributed by atoms with E-state index < -0.39 is 10.0 Å². The van der Waals surface area contributed by atoms with Crippen LogP contribution in [0.5, 0.6) is 0 Å². The molecule has 7 heteroatoms. The molecule has 2 N–H and O–H groups in total. The normalized spacial score (nSPS) is 16.7. The summed E-state index contributed by atoms with van der Waals surface area (Å²) >= 11 is 9.24. The Balaban J connectivity index is 1.87. The Hall–Kier alpha value is -0.140. The van der Waals surface area contributed by atoms with E-state index in [0.717, 1.165) is 17.4 Å². The van der Waals surface area contributed by atoms with Gasteiger partial charge in [-0.25, -0.2) is 13.1 Å². The molecule has 0 bridgehead atoms. The Morgan fingerprint density at radius 2 is 2.00 bits per heavy atom. The molecule has 4 nitrogen and oxygen atoms in total. The first-order chi connectivity index (χ1) is 9.49. The van der Waals surface area contributed by atoms with E-state index in [-0.39, 0.29) is 9.92 Å². The van der Waals surface area contributed by atoms with Crippen LogP contribution in [0.3, 0.4) is 0 Å². The zero-order valence-electron chi connectivity index (χ0n) is 11.2. The fourth-order valence-electron chi connectivity index (χ4n) is 2.44. The van der Waals surface area contributed by atoms with Gasteiger partial charge in [0.25, 0.3) is 0 Å². The smallest absolute Gasteiger partial charge is 0.242 e. The van der Waals surface area contributed by atoms with Gasteiger partial charge in [-0.15, -0.1) is 0 Å². The summed E-state index contributed by atoms with van der Waals surface area (Å²) in [7, 11) is -3.52. The van der Waals surface area contributed by atoms with Crippen LogP contribution in [0.15, 0.2) is 27.6 Å². The van der Waals surface area contributed by atoms with E-state index in [0.29, 0.717) is 6.54 Å². The van der Waals surface area contributed by atoms with Gasteiger partial charge in [-0.2, -0.15) is 0 Å². The monoisotopic (exact) mass is 381 g/mol. The first kappa shape index (κ1) is 16.2. The van der Waals surface area contributed by atoms with E-state index in [1.165, 1.54) is 32.0 Å². The summed E-state index contributed by atoms with van der Waals surface area (Å²) < 4.78 is 27.7. The second-order valence-electron chi connectivity index (χ2n) is 5.03. The molecule has 0 atom stereocenters. The lowest BCUT2D eigenvalue weighted by molar-refractivity contribution is -0.887. The molecule has 112 valence electrons. The van der Waals surface area contributed by atoms with Crippen molar-refractivity contribution in [2.45, 2.75) is 24.2 Å². The minimum absolute atomic E-state index is 0.135. The molecule has 1 aromatic rings. The van der Waals surface area contributed by atoms with Crippen molar-refractivity contribution < 1.29 is 13.3 Å². The van der Waals surface area contributed by atoms with Gasteiger partial charge in [-0.05, 0) is 18.2 Å². The Labute approximate surface area is 133 Å². The topological polar surface area (TPSA) is 50.6 Å². The van der Waals surface area contributed by atoms with E-state index in [9.17, 15) is 8.42 Å². The first-order valence-electron chi connectivity index (χ1n) is 6.77. The van der Waals surface area contributed by atoms with Gasteiger partial charge in [0.15, 0.2) is 0 Å². The molecule has 1 aliphatic rings. The molecule has 2 rings (SSSR count). The summed E-state index contributed by atoms with van der Waals surface area (Å²) in [5, 5.41) is 0.233. The van der Waals surface area contributed by atoms with Crippen LogP contribution in [-0.2, 0) is 10.0 Å². The Kier molecular flexibility index (Phi) is 5.86. The molecule has 0 spiro atoms. The quantitative estimate of drug-likeness (QED) is 0.732. The fraction of sp³-hybridized carbons (Fsp3) is 0.538. The van der Waals surface area contributed by atoms with Gasteiger partial charge in [0.05, 0.1) is 24.7 Å². The van der Waals surface area contributed by atoms with Crippen molar-refractivity contribution in [3.63, 3.8) is 0 Å². The molecule has 0 saturated carbocycles. The molecule has 0 radical (unpaired) electrons. The van der Waals surface area contributed by atoms with Crippen LogP contribution in [0.4, 0.5) is 0 Å². The van der Waals surface area contributed by atoms with Crippen molar-refractivity contribution in [1.29, 1.82) is 0 Å². The van der Waals surface area contributed by atoms with Crippen LogP contribution in [-0.4, -0.2) is 34.6 Å². The van der Waals surface area contributed by atoms with Crippen LogP contribution >= 0.6 is 27.5 Å². The third-order valence-electron chi connectivity index (χ3n) is 3.49. The number of nitrogens with one attached hydrogen (secondary N) is 2. The van der Waals surface area contributed by atoms with Crippen LogP contribution in [0, 0.1) is 0 Å². The van der Waals surface area contributed by atoms with E-state index in [1.807, 2.05) is 0 Å². The predicted octanol–water partition coefficient (Wildman–Crippen LogP) is 1.45. The molecule has 0 aliphatic carbocycles. The maximum absolute atomic E-state index is 12.1. The molecule has 1 aliphatic heterocycles. The number of benzene rings is 1. The number of likely N-dealkylation sites (tertiary alicyclic amines) is 1. The summed E-state index contributed by atoms with van der Waals surface area (Å²) in [5.41, 5.74) is 0. The average molecular weight is 383 g/mol. The minimum atomic E-state index is -3.52. The van der Waals surface area contributed by atoms with Crippen molar-refractivity contribution in [1.82, 2.24) is 4.72 Å². The first-order valence-corrected chi connectivity index (χ1v) is 9.43. The van der Waals surface area contributed by atoms with E-state index in [2.05, 4.69) is 20.7 Å². The molecular weight excluding hydrogens is 364 g/mol. The van der Waals surface area contributed by atoms with Gasteiger partial charge in [0, 0.05) is 30.3 Å². The second-order valence-corrected chi connectivity index (χ2v) is 8.09. The largest absolute Gasteiger partial charge is 0.335 e. The third kappa shape index (κ3) is 4.43. The fourth-order valence-corrected chi connectivity index (χ4v) is 4.55. The predicted molar refractivity (Wildman–Crippen MR) is 83.8 cm³/mol. The second kappa shape index (κ2) is 7.22. The third-order valence-corrected chi connectivity index (χ3v) is 5.93. The maximum Gasteiger partial charge on any atom is 0.242 e. The number of sulfonamides is 1. The number of rotatable bonds is 6. The summed E-state index contributed by atoms with van der Waals surface area (Å²) in [4.78, 5) is 1.71. The minimum Gasteiger partial charge on any atom is -0.335 e. The summed E-state index contributed by atoms with van der Waals surface area (Å²) in [6.07, 6.45) is 3.42. The van der Waals surface area contributed by atoms with Crippen molar-refractivity contribution in [3.05, 3.63) is 27.7 Å². The van der Waals surface area contributed by atoms with Crippen LogP contribution < -0.4 is 9.62 Å². The highest BCUT2D eigenvalue weighted by atomic mass is 79.9. The number of quaternary nitrogens is 1. The van der Waals surface area contributed by atoms with Crippen molar-refractivity contribution >= 4 is 37.6 Å². The summed E-state index contributed by atoms with van der Waals surface area (Å²) in [5.74, 6) is 0. The highest BCUT2D eigenvalue weighted by Crippen LogP contribution is 2.24. The molecular formula is C13H19BrClN2O2S+. The Morgan fingerprint density at radius 1 is 1.30 bits per heavy atom. The van der Waals surface area contributed by atoms with Gasteiger partial charge < -0.3 is 4.90 Å². The highest BCUT2D eigenvalue weighted by Gasteiger charge is 2.18. The SMILES string of the molecule is O=S(=O)(NCCC[NH+]1CCCC1)c1ccc(Br)cc1Cl. The van der Waals surface area contributed by atoms with Gasteiger partial charge in [-0.1, -0.05) is 27.5 Å². The molecule has 1 fully saturated rings. The van der Waals surface area contributed by atoms with Gasteiger partial charge >= 0.3 is 0 Å². The molecule has 1 aromatic carbocycles. The molecule has 0 unspecified atom stereocenters. The van der Waals surface area contributed by atoms with Crippen LogP contribution in [0.2, 0.25) is 5.02 Å². The number of hydrogen-bond acceptors (Lipinski definition) is 2. The summed E-state index contributed by atoms with van der Waals surface area (Å²) in [6.45, 7) is 3.91. The summed E-state index contributed by atoms with van der Waals surface area (Å²) in [6, 6.07) is 4.78. The average Bonchev–Trinajstić information content (AvgIpc) is 2.87. The van der Waals surface area contributed by atoms with Gasteiger partial charge in [-0.3, -0.25) is 0 Å². The van der Waals surface area contributed by atoms with Crippen LogP contribution in [0.1, 0.15) is 19.3 Å². The van der Waals surface area contributed by atoms with Gasteiger partial charge in [0.1, 0.15) is 4.90 Å². The van der Waals surface area contributed by atoms with E-state index in [1.54, 1.807) is 17.0 Å². The van der Waals surface area contributed by atoms with E-state index >= 15 is 0 Å². The van der Waals surface area contributed by atoms with E-state index in [4.69, 9.17) is 11.6 Å². The Morgan fingerprint density at radius 3 is 2.65 bits per heavy atom. The van der Waals surface area contributed by atoms with Crippen LogP contribution in [0.25, 0.3) is 0 Å². The molecule has 20 heavy (non-hydrogen) atoms. The number of halogens is 2. The Bertz CT molecular complexity index is 559. The zero-order valence-corrected chi connectivity index (χ0v) is 14.3. The van der Waals surface area contributed by atoms with Crippen molar-refractivity contribution in [2.24, 2.45) is 0 Å². The van der Waals surface area contributed by atoms with Crippen molar-refractivity contribution in [3.8, 4) is 0 Å². The van der Waals surface area contributed by atoms with Crippen molar-refractivity contribution in [2.75, 3.05) is 26.2 Å². The lowest BCUT2D eigenvalue weighted by Gasteiger charge is -2.12. The molecule has 0 aromatic heterocycles. The molecule has 1 saturated heterocycles. The van der Waals surface area contributed by atoms with Gasteiger partial charge in [0.2, 0.25) is 10.0 Å². The number of hydrogen-bond donors (Lipinski definition) is 2. The molecule has 0 amide bonds. The zero-order chi connectivity index (χ0) is 14.6. The highest BCUT2D eigenvalue weighted by molar-refractivity contribution is 9.10. The maximum atomic E-state index is 12.1.